The summed E-state index contributed by atoms with van der Waals surface area (Å²) >= 11 is 12.6. The van der Waals surface area contributed by atoms with Gasteiger partial charge in [-0.05, 0) is 45.0 Å². The molecule has 36 heavy (non-hydrogen) atoms. The van der Waals surface area contributed by atoms with Gasteiger partial charge in [0.25, 0.3) is 5.56 Å². The van der Waals surface area contributed by atoms with Crippen LogP contribution in [0.25, 0.3) is 16.9 Å². The predicted octanol–water partition coefficient (Wildman–Crippen LogP) is 4.78. The number of hydrogen-bond acceptors (Lipinski definition) is 7. The van der Waals surface area contributed by atoms with Crippen LogP contribution < -0.4 is 10.3 Å². The molecule has 4 aromatic rings. The molecule has 3 heterocycles. The first-order valence-corrected chi connectivity index (χ1v) is 11.3. The summed E-state index contributed by atoms with van der Waals surface area (Å²) in [6.45, 7) is 4.32. The highest BCUT2D eigenvalue weighted by Gasteiger charge is 2.23. The van der Waals surface area contributed by atoms with Crippen molar-refractivity contribution >= 4 is 23.2 Å². The molecule has 3 aromatic heterocycles. The molecule has 0 unspecified atom stereocenters. The quantitative estimate of drug-likeness (QED) is 0.355. The SMILES string of the molecule is Cc1nc(OCc2cccc(F)n2)c(Cl)c(=O)n1-c1cc(-c2nc(C(C)(C)O)ncc2F)ccc1Cl. The minimum Gasteiger partial charge on any atom is -0.470 e. The van der Waals surface area contributed by atoms with Gasteiger partial charge < -0.3 is 9.84 Å². The lowest BCUT2D eigenvalue weighted by Crippen LogP contribution is -2.24. The highest BCUT2D eigenvalue weighted by atomic mass is 35.5. The standard InChI is InChI=1S/C24H19Cl2F2N5O3/c1-12-30-21(36-11-14-5-4-6-18(28)31-14)19(26)22(34)33(12)17-9-13(7-8-15(17)25)20-16(27)10-29-23(32-20)24(2,3)35/h4-10,35H,11H2,1-3H3. The predicted molar refractivity (Wildman–Crippen MR) is 129 cm³/mol. The number of rotatable bonds is 6. The van der Waals surface area contributed by atoms with E-state index in [-0.39, 0.29) is 56.8 Å². The Labute approximate surface area is 214 Å². The van der Waals surface area contributed by atoms with Crippen molar-refractivity contribution in [2.24, 2.45) is 0 Å². The molecule has 0 bridgehead atoms. The number of hydrogen-bond donors (Lipinski definition) is 1. The van der Waals surface area contributed by atoms with Crippen molar-refractivity contribution < 1.29 is 18.6 Å². The van der Waals surface area contributed by atoms with Gasteiger partial charge in [-0.15, -0.1) is 0 Å². The van der Waals surface area contributed by atoms with Crippen LogP contribution in [-0.4, -0.2) is 29.6 Å². The molecule has 0 fully saturated rings. The molecule has 0 aliphatic rings. The van der Waals surface area contributed by atoms with E-state index in [1.165, 1.54) is 51.1 Å². The van der Waals surface area contributed by atoms with Gasteiger partial charge in [0.1, 0.15) is 23.7 Å². The zero-order valence-corrected chi connectivity index (χ0v) is 20.8. The Kier molecular flexibility index (Phi) is 7.03. The number of aromatic nitrogens is 5. The molecule has 4 rings (SSSR count). The molecule has 0 atom stereocenters. The lowest BCUT2D eigenvalue weighted by molar-refractivity contribution is 0.0686. The number of ether oxygens (including phenoxy) is 1. The van der Waals surface area contributed by atoms with Gasteiger partial charge in [-0.1, -0.05) is 35.3 Å². The maximum atomic E-state index is 14.6. The molecule has 0 amide bonds. The number of benzene rings is 1. The Balaban J connectivity index is 1.75. The fourth-order valence-electron chi connectivity index (χ4n) is 3.33. The van der Waals surface area contributed by atoms with E-state index >= 15 is 0 Å². The third kappa shape index (κ3) is 5.20. The first kappa shape index (κ1) is 25.6. The topological polar surface area (TPSA) is 103 Å². The number of aryl methyl sites for hydroxylation is 1. The number of nitrogens with zero attached hydrogens (tertiary/aromatic N) is 5. The maximum absolute atomic E-state index is 14.6. The van der Waals surface area contributed by atoms with Gasteiger partial charge in [0.05, 0.1) is 22.6 Å². The first-order valence-electron chi connectivity index (χ1n) is 10.5. The molecule has 0 saturated carbocycles. The number of pyridine rings is 1. The van der Waals surface area contributed by atoms with Crippen LogP contribution in [0.4, 0.5) is 8.78 Å². The molecule has 0 aliphatic heterocycles. The second-order valence-electron chi connectivity index (χ2n) is 8.27. The van der Waals surface area contributed by atoms with Crippen LogP contribution >= 0.6 is 23.2 Å². The first-order chi connectivity index (χ1) is 17.0. The Morgan fingerprint density at radius 3 is 2.56 bits per heavy atom. The summed E-state index contributed by atoms with van der Waals surface area (Å²) in [5.41, 5.74) is -1.45. The summed E-state index contributed by atoms with van der Waals surface area (Å²) in [5.74, 6) is -1.38. The van der Waals surface area contributed by atoms with Crippen molar-refractivity contribution in [3.63, 3.8) is 0 Å². The van der Waals surface area contributed by atoms with Crippen molar-refractivity contribution in [3.8, 4) is 22.8 Å². The van der Waals surface area contributed by atoms with Gasteiger partial charge in [-0.25, -0.2) is 19.3 Å². The fourth-order valence-corrected chi connectivity index (χ4v) is 3.71. The average molecular weight is 534 g/mol. The molecule has 186 valence electrons. The van der Waals surface area contributed by atoms with E-state index in [2.05, 4.69) is 19.9 Å². The van der Waals surface area contributed by atoms with Gasteiger partial charge in [-0.2, -0.15) is 9.37 Å². The van der Waals surface area contributed by atoms with Crippen molar-refractivity contribution in [2.75, 3.05) is 0 Å². The third-order valence-electron chi connectivity index (χ3n) is 5.05. The Hall–Kier alpha value is -3.47. The van der Waals surface area contributed by atoms with E-state index in [1.54, 1.807) is 6.07 Å². The molecule has 12 heteroatoms. The Morgan fingerprint density at radius 2 is 1.86 bits per heavy atom. The minimum absolute atomic E-state index is 0.0164. The van der Waals surface area contributed by atoms with Gasteiger partial charge in [0.15, 0.2) is 16.7 Å². The second-order valence-corrected chi connectivity index (χ2v) is 9.06. The zero-order valence-electron chi connectivity index (χ0n) is 19.3. The Morgan fingerprint density at radius 1 is 1.11 bits per heavy atom. The summed E-state index contributed by atoms with van der Waals surface area (Å²) < 4.78 is 34.6. The van der Waals surface area contributed by atoms with E-state index in [1.807, 2.05) is 0 Å². The van der Waals surface area contributed by atoms with E-state index in [0.29, 0.717) is 0 Å². The molecule has 1 N–H and O–H groups in total. The van der Waals surface area contributed by atoms with Crippen molar-refractivity contribution in [1.29, 1.82) is 0 Å². The molecule has 1 aromatic carbocycles. The maximum Gasteiger partial charge on any atom is 0.280 e. The summed E-state index contributed by atoms with van der Waals surface area (Å²) in [7, 11) is 0. The lowest BCUT2D eigenvalue weighted by atomic mass is 10.1. The monoisotopic (exact) mass is 533 g/mol. The summed E-state index contributed by atoms with van der Waals surface area (Å²) in [5, 5.41) is 10.0. The lowest BCUT2D eigenvalue weighted by Gasteiger charge is -2.17. The van der Waals surface area contributed by atoms with Crippen LogP contribution in [0.3, 0.4) is 0 Å². The van der Waals surface area contributed by atoms with Gasteiger partial charge >= 0.3 is 0 Å². The molecular formula is C24H19Cl2F2N5O3. The molecule has 0 aliphatic carbocycles. The Bertz CT molecular complexity index is 1520. The average Bonchev–Trinajstić information content (AvgIpc) is 2.81. The molecular weight excluding hydrogens is 515 g/mol. The van der Waals surface area contributed by atoms with E-state index in [4.69, 9.17) is 27.9 Å². The zero-order chi connectivity index (χ0) is 26.2. The summed E-state index contributed by atoms with van der Waals surface area (Å²) in [4.78, 5) is 29.1. The van der Waals surface area contributed by atoms with E-state index in [9.17, 15) is 18.7 Å². The van der Waals surface area contributed by atoms with Gasteiger partial charge in [0, 0.05) is 5.56 Å². The largest absolute Gasteiger partial charge is 0.470 e. The smallest absolute Gasteiger partial charge is 0.280 e. The third-order valence-corrected chi connectivity index (χ3v) is 5.69. The van der Waals surface area contributed by atoms with Crippen molar-refractivity contribution in [3.05, 3.63) is 92.1 Å². The van der Waals surface area contributed by atoms with Crippen molar-refractivity contribution in [2.45, 2.75) is 33.0 Å². The fraction of sp³-hybridized carbons (Fsp3) is 0.208. The van der Waals surface area contributed by atoms with E-state index < -0.39 is 22.9 Å². The molecule has 8 nitrogen and oxygen atoms in total. The molecule has 0 saturated heterocycles. The summed E-state index contributed by atoms with van der Waals surface area (Å²) in [6, 6.07) is 8.65. The number of aliphatic hydroxyl groups is 1. The van der Waals surface area contributed by atoms with Crippen molar-refractivity contribution in [1.82, 2.24) is 24.5 Å². The van der Waals surface area contributed by atoms with Crippen LogP contribution in [0.15, 0.2) is 47.4 Å². The van der Waals surface area contributed by atoms with Crippen LogP contribution in [0, 0.1) is 18.7 Å². The molecule has 0 radical (unpaired) electrons. The minimum atomic E-state index is -1.40. The van der Waals surface area contributed by atoms with Gasteiger partial charge in [0.2, 0.25) is 11.8 Å². The highest BCUT2D eigenvalue weighted by Crippen LogP contribution is 2.30. The van der Waals surface area contributed by atoms with Gasteiger partial charge in [-0.3, -0.25) is 9.36 Å². The van der Waals surface area contributed by atoms with Crippen LogP contribution in [-0.2, 0) is 12.2 Å². The van der Waals surface area contributed by atoms with Crippen LogP contribution in [0.5, 0.6) is 5.88 Å². The van der Waals surface area contributed by atoms with E-state index in [0.717, 1.165) is 10.8 Å². The normalized spacial score (nSPS) is 11.6. The van der Waals surface area contributed by atoms with Crippen LogP contribution in [0.1, 0.15) is 31.2 Å². The molecule has 0 spiro atoms. The van der Waals surface area contributed by atoms with Crippen LogP contribution in [0.2, 0.25) is 10.0 Å². The second kappa shape index (κ2) is 9.88. The highest BCUT2D eigenvalue weighted by molar-refractivity contribution is 6.33. The summed E-state index contributed by atoms with van der Waals surface area (Å²) in [6.07, 6.45) is 0.958. The number of halogens is 4.